The number of rotatable bonds is 4. The van der Waals surface area contributed by atoms with Crippen molar-refractivity contribution in [1.82, 2.24) is 0 Å². The van der Waals surface area contributed by atoms with Crippen LogP contribution in [0.4, 0.5) is 5.69 Å². The highest BCUT2D eigenvalue weighted by Crippen LogP contribution is 2.40. The molecule has 0 saturated carbocycles. The number of hydrogen-bond acceptors (Lipinski definition) is 6. The van der Waals surface area contributed by atoms with E-state index in [0.29, 0.717) is 30.0 Å². The quantitative estimate of drug-likeness (QED) is 0.589. The zero-order chi connectivity index (χ0) is 12.4. The number of nitrogens with two attached hydrogens (primary N) is 2. The number of benzene rings is 1. The molecule has 0 spiro atoms. The molecule has 1 atom stereocenters. The predicted molar refractivity (Wildman–Crippen MR) is 59.8 cm³/mol. The number of nitro benzene ring substituents is 1. The Morgan fingerprint density at radius 1 is 1.41 bits per heavy atom. The smallest absolute Gasteiger partial charge is 0.278 e. The highest BCUT2D eigenvalue weighted by molar-refractivity contribution is 5.56. The van der Waals surface area contributed by atoms with Gasteiger partial charge < -0.3 is 20.9 Å². The van der Waals surface area contributed by atoms with Crippen LogP contribution in [0, 0.1) is 10.1 Å². The van der Waals surface area contributed by atoms with Crippen molar-refractivity contribution in [1.29, 1.82) is 0 Å². The van der Waals surface area contributed by atoms with Gasteiger partial charge in [0.15, 0.2) is 11.5 Å². The molecule has 1 aliphatic rings. The molecule has 0 saturated heterocycles. The van der Waals surface area contributed by atoms with Gasteiger partial charge in [-0.15, -0.1) is 0 Å². The minimum absolute atomic E-state index is 0.0600. The van der Waals surface area contributed by atoms with Gasteiger partial charge in [0.25, 0.3) is 5.69 Å². The maximum Gasteiger partial charge on any atom is 0.278 e. The number of fused-ring (bicyclic) bond motifs is 1. The van der Waals surface area contributed by atoms with Gasteiger partial charge in [0, 0.05) is 6.04 Å². The molecule has 92 valence electrons. The number of nitro groups is 1. The first kappa shape index (κ1) is 11.6. The first-order chi connectivity index (χ1) is 8.13. The van der Waals surface area contributed by atoms with E-state index in [0.717, 1.165) is 0 Å². The maximum absolute atomic E-state index is 11.0. The van der Waals surface area contributed by atoms with Crippen LogP contribution >= 0.6 is 0 Å². The van der Waals surface area contributed by atoms with Crippen molar-refractivity contribution in [2.45, 2.75) is 12.5 Å². The first-order valence-corrected chi connectivity index (χ1v) is 5.17. The summed E-state index contributed by atoms with van der Waals surface area (Å²) in [5.74, 6) is 0.860. The average molecular weight is 239 g/mol. The SMILES string of the molecule is NCC[C@H](N)c1cc2c(cc1[N+](=O)[O-])OCO2. The van der Waals surface area contributed by atoms with Gasteiger partial charge in [-0.05, 0) is 19.0 Å². The van der Waals surface area contributed by atoms with Crippen LogP contribution in [0.2, 0.25) is 0 Å². The maximum atomic E-state index is 11.0. The fourth-order valence-corrected chi connectivity index (χ4v) is 1.74. The van der Waals surface area contributed by atoms with Gasteiger partial charge in [-0.25, -0.2) is 0 Å². The number of ether oxygens (including phenoxy) is 2. The van der Waals surface area contributed by atoms with Gasteiger partial charge >= 0.3 is 0 Å². The van der Waals surface area contributed by atoms with Crippen LogP contribution in [0.5, 0.6) is 11.5 Å². The molecule has 1 aromatic carbocycles. The van der Waals surface area contributed by atoms with E-state index in [4.69, 9.17) is 20.9 Å². The van der Waals surface area contributed by atoms with E-state index in [-0.39, 0.29) is 12.5 Å². The third kappa shape index (κ3) is 2.15. The Kier molecular flexibility index (Phi) is 3.12. The molecule has 1 aliphatic heterocycles. The molecular formula is C10H13N3O4. The summed E-state index contributed by atoms with van der Waals surface area (Å²) in [6.07, 6.45) is 0.473. The van der Waals surface area contributed by atoms with Crippen molar-refractivity contribution in [3.63, 3.8) is 0 Å². The van der Waals surface area contributed by atoms with Crippen LogP contribution < -0.4 is 20.9 Å². The summed E-state index contributed by atoms with van der Waals surface area (Å²) >= 11 is 0. The molecule has 7 nitrogen and oxygen atoms in total. The van der Waals surface area contributed by atoms with Crippen LogP contribution in [0.25, 0.3) is 0 Å². The second kappa shape index (κ2) is 4.56. The molecule has 0 amide bonds. The Bertz CT molecular complexity index is 449. The Morgan fingerprint density at radius 2 is 2.06 bits per heavy atom. The Hall–Kier alpha value is -1.86. The second-order valence-electron chi connectivity index (χ2n) is 3.71. The summed E-state index contributed by atoms with van der Waals surface area (Å²) in [6, 6.07) is 2.42. The van der Waals surface area contributed by atoms with Gasteiger partial charge in [-0.3, -0.25) is 10.1 Å². The summed E-state index contributed by atoms with van der Waals surface area (Å²) in [5, 5.41) is 11.0. The van der Waals surface area contributed by atoms with E-state index in [1.54, 1.807) is 6.07 Å². The Balaban J connectivity index is 2.45. The predicted octanol–water partition coefficient (Wildman–Crippen LogP) is 0.672. The van der Waals surface area contributed by atoms with Gasteiger partial charge in [0.2, 0.25) is 6.79 Å². The van der Waals surface area contributed by atoms with Crippen molar-refractivity contribution >= 4 is 5.69 Å². The summed E-state index contributed by atoms with van der Waals surface area (Å²) in [5.41, 5.74) is 11.6. The topological polar surface area (TPSA) is 114 Å². The lowest BCUT2D eigenvalue weighted by Crippen LogP contribution is -2.16. The van der Waals surface area contributed by atoms with Crippen LogP contribution in [0.15, 0.2) is 12.1 Å². The average Bonchev–Trinajstić information content (AvgIpc) is 2.74. The van der Waals surface area contributed by atoms with E-state index in [1.165, 1.54) is 6.07 Å². The van der Waals surface area contributed by atoms with E-state index in [9.17, 15) is 10.1 Å². The van der Waals surface area contributed by atoms with E-state index in [1.807, 2.05) is 0 Å². The number of nitrogens with zero attached hydrogens (tertiary/aromatic N) is 1. The molecule has 1 heterocycles. The van der Waals surface area contributed by atoms with Crippen molar-refractivity contribution in [3.05, 3.63) is 27.8 Å². The minimum atomic E-state index is -0.479. The van der Waals surface area contributed by atoms with Crippen molar-refractivity contribution in [2.24, 2.45) is 11.5 Å². The summed E-state index contributed by atoms with van der Waals surface area (Å²) in [7, 11) is 0. The number of hydrogen-bond donors (Lipinski definition) is 2. The molecule has 1 aromatic rings. The van der Waals surface area contributed by atoms with Crippen molar-refractivity contribution in [2.75, 3.05) is 13.3 Å². The van der Waals surface area contributed by atoms with E-state index >= 15 is 0 Å². The lowest BCUT2D eigenvalue weighted by molar-refractivity contribution is -0.385. The van der Waals surface area contributed by atoms with Crippen LogP contribution in [-0.4, -0.2) is 18.3 Å². The molecule has 17 heavy (non-hydrogen) atoms. The molecule has 0 radical (unpaired) electrons. The third-order valence-corrected chi connectivity index (χ3v) is 2.60. The molecule has 0 aliphatic carbocycles. The van der Waals surface area contributed by atoms with Crippen molar-refractivity contribution in [3.8, 4) is 11.5 Å². The lowest BCUT2D eigenvalue weighted by Gasteiger charge is -2.11. The summed E-state index contributed by atoms with van der Waals surface area (Å²) < 4.78 is 10.3. The van der Waals surface area contributed by atoms with Gasteiger partial charge in [0.1, 0.15) is 0 Å². The molecular weight excluding hydrogens is 226 g/mol. The minimum Gasteiger partial charge on any atom is -0.454 e. The molecule has 0 bridgehead atoms. The normalized spacial score (nSPS) is 14.7. The molecule has 0 fully saturated rings. The molecule has 0 unspecified atom stereocenters. The van der Waals surface area contributed by atoms with Crippen molar-refractivity contribution < 1.29 is 14.4 Å². The Labute approximate surface area is 97.4 Å². The van der Waals surface area contributed by atoms with Crippen LogP contribution in [0.1, 0.15) is 18.0 Å². The first-order valence-electron chi connectivity index (χ1n) is 5.17. The molecule has 0 aromatic heterocycles. The zero-order valence-electron chi connectivity index (χ0n) is 9.09. The standard InChI is InChI=1S/C10H13N3O4/c11-2-1-7(12)6-3-9-10(17-5-16-9)4-8(6)13(14)15/h3-4,7H,1-2,5,11-12H2/t7-/m0/s1. The molecule has 2 rings (SSSR count). The van der Waals surface area contributed by atoms with Crippen LogP contribution in [-0.2, 0) is 0 Å². The summed E-state index contributed by atoms with van der Waals surface area (Å²) in [6.45, 7) is 0.439. The van der Waals surface area contributed by atoms with Gasteiger partial charge in [-0.1, -0.05) is 0 Å². The highest BCUT2D eigenvalue weighted by Gasteiger charge is 2.26. The van der Waals surface area contributed by atoms with Gasteiger partial charge in [-0.2, -0.15) is 0 Å². The highest BCUT2D eigenvalue weighted by atomic mass is 16.7. The molecule has 4 N–H and O–H groups in total. The van der Waals surface area contributed by atoms with E-state index in [2.05, 4.69) is 0 Å². The fraction of sp³-hybridized carbons (Fsp3) is 0.400. The lowest BCUT2D eigenvalue weighted by atomic mass is 10.0. The monoisotopic (exact) mass is 239 g/mol. The van der Waals surface area contributed by atoms with Gasteiger partial charge in [0.05, 0.1) is 16.6 Å². The summed E-state index contributed by atoms with van der Waals surface area (Å²) in [4.78, 5) is 10.5. The largest absolute Gasteiger partial charge is 0.454 e. The third-order valence-electron chi connectivity index (χ3n) is 2.60. The van der Waals surface area contributed by atoms with Crippen LogP contribution in [0.3, 0.4) is 0 Å². The zero-order valence-corrected chi connectivity index (χ0v) is 9.09. The fourth-order valence-electron chi connectivity index (χ4n) is 1.74. The second-order valence-corrected chi connectivity index (χ2v) is 3.71. The van der Waals surface area contributed by atoms with E-state index < -0.39 is 11.0 Å². The Morgan fingerprint density at radius 3 is 2.65 bits per heavy atom. The molecule has 7 heteroatoms.